The maximum Gasteiger partial charge on any atom is 0.317 e. The first kappa shape index (κ1) is 29.2. The van der Waals surface area contributed by atoms with E-state index >= 15 is 0 Å². The van der Waals surface area contributed by atoms with Crippen LogP contribution in [0.15, 0.2) is 60.7 Å². The van der Waals surface area contributed by atoms with Crippen LogP contribution in [0.4, 0.5) is 5.69 Å². The van der Waals surface area contributed by atoms with E-state index in [1.807, 2.05) is 24.3 Å². The smallest absolute Gasteiger partial charge is 0.317 e. The number of nitro groups is 1. The minimum Gasteiger partial charge on any atom is -0.463 e. The Morgan fingerprint density at radius 3 is 2.39 bits per heavy atom. The van der Waals surface area contributed by atoms with E-state index in [9.17, 15) is 10.1 Å². The molecule has 0 N–H and O–H groups in total. The zero-order valence-corrected chi connectivity index (χ0v) is 22.5. The number of nitrogens with zero attached hydrogens (tertiary/aromatic N) is 3. The van der Waals surface area contributed by atoms with Crippen LogP contribution in [0.25, 0.3) is 11.3 Å². The molecule has 0 saturated heterocycles. The molecular formula is C30H39N3O5. The van der Waals surface area contributed by atoms with E-state index in [4.69, 9.17) is 14.2 Å². The molecule has 1 unspecified atom stereocenters. The third-order valence-corrected chi connectivity index (χ3v) is 6.15. The molecule has 8 heteroatoms. The van der Waals surface area contributed by atoms with E-state index in [2.05, 4.69) is 35.9 Å². The van der Waals surface area contributed by atoms with Crippen molar-refractivity contribution in [3.8, 4) is 17.3 Å². The maximum absolute atomic E-state index is 11.0. The van der Waals surface area contributed by atoms with Crippen molar-refractivity contribution in [1.82, 2.24) is 9.97 Å². The number of benzene rings is 2. The molecular weight excluding hydrogens is 482 g/mol. The van der Waals surface area contributed by atoms with Crippen LogP contribution in [0, 0.1) is 10.1 Å². The molecule has 1 aromatic heterocycles. The summed E-state index contributed by atoms with van der Waals surface area (Å²) < 4.78 is 17.5. The van der Waals surface area contributed by atoms with Crippen molar-refractivity contribution >= 4 is 5.69 Å². The largest absolute Gasteiger partial charge is 0.463 e. The fraction of sp³-hybridized carbons (Fsp3) is 0.467. The summed E-state index contributed by atoms with van der Waals surface area (Å²) >= 11 is 0. The predicted octanol–water partition coefficient (Wildman–Crippen LogP) is 6.61. The van der Waals surface area contributed by atoms with Gasteiger partial charge in [-0.05, 0) is 55.9 Å². The molecule has 0 saturated carbocycles. The summed E-state index contributed by atoms with van der Waals surface area (Å²) in [7, 11) is 0. The third kappa shape index (κ3) is 10.2. The molecule has 204 valence electrons. The summed E-state index contributed by atoms with van der Waals surface area (Å²) in [5, 5.41) is 11.0. The number of aryl methyl sites for hydroxylation is 2. The van der Waals surface area contributed by atoms with E-state index in [0.29, 0.717) is 37.9 Å². The second-order valence-corrected chi connectivity index (χ2v) is 9.20. The van der Waals surface area contributed by atoms with Crippen LogP contribution in [0.5, 0.6) is 6.01 Å². The molecule has 0 spiro atoms. The van der Waals surface area contributed by atoms with Crippen molar-refractivity contribution in [1.29, 1.82) is 0 Å². The average molecular weight is 522 g/mol. The van der Waals surface area contributed by atoms with E-state index in [1.165, 1.54) is 17.7 Å². The Balaban J connectivity index is 1.57. The van der Waals surface area contributed by atoms with Gasteiger partial charge in [0.25, 0.3) is 5.69 Å². The van der Waals surface area contributed by atoms with Crippen LogP contribution in [-0.2, 0) is 22.3 Å². The van der Waals surface area contributed by atoms with Gasteiger partial charge in [0, 0.05) is 43.0 Å². The molecule has 0 amide bonds. The molecule has 1 atom stereocenters. The molecule has 3 rings (SSSR count). The number of hydrogen-bond donors (Lipinski definition) is 0. The van der Waals surface area contributed by atoms with Gasteiger partial charge < -0.3 is 14.2 Å². The molecule has 38 heavy (non-hydrogen) atoms. The number of unbranched alkanes of at least 4 members (excludes halogenated alkanes) is 1. The minimum atomic E-state index is -0.407. The lowest BCUT2D eigenvalue weighted by Crippen LogP contribution is -2.20. The van der Waals surface area contributed by atoms with Crippen molar-refractivity contribution in [2.75, 3.05) is 26.4 Å². The highest BCUT2D eigenvalue weighted by atomic mass is 16.6. The highest BCUT2D eigenvalue weighted by Gasteiger charge is 2.11. The second-order valence-electron chi connectivity index (χ2n) is 9.20. The number of aromatic nitrogens is 2. The number of ether oxygens (including phenoxy) is 3. The van der Waals surface area contributed by atoms with Gasteiger partial charge in [-0.2, -0.15) is 4.98 Å². The fourth-order valence-corrected chi connectivity index (χ4v) is 3.90. The van der Waals surface area contributed by atoms with E-state index in [-0.39, 0.29) is 11.8 Å². The first-order valence-corrected chi connectivity index (χ1v) is 13.6. The van der Waals surface area contributed by atoms with Crippen LogP contribution in [0.3, 0.4) is 0 Å². The van der Waals surface area contributed by atoms with Gasteiger partial charge in [0.15, 0.2) is 0 Å². The number of nitro benzene ring substituents is 1. The molecule has 1 heterocycles. The van der Waals surface area contributed by atoms with Gasteiger partial charge in [-0.1, -0.05) is 50.6 Å². The highest BCUT2D eigenvalue weighted by molar-refractivity contribution is 5.61. The lowest BCUT2D eigenvalue weighted by atomic mass is 10.1. The summed E-state index contributed by atoms with van der Waals surface area (Å²) in [5.41, 5.74) is 3.68. The minimum absolute atomic E-state index is 0.0449. The number of non-ortho nitro benzene ring substituents is 1. The first-order valence-electron chi connectivity index (χ1n) is 13.6. The quantitative estimate of drug-likeness (QED) is 0.106. The standard InChI is InChI=1S/C30H39N3O5/c1-3-5-20-37-28(4-2)23-36-19-10-21-38-30-31-26(14-9-13-24-11-7-6-8-12-24)22-29(32-30)25-15-17-27(18-16-25)33(34)35/h6-8,11-12,15-18,22,28H,3-5,9-10,13-14,19-21,23H2,1-2H3. The fourth-order valence-electron chi connectivity index (χ4n) is 3.90. The normalized spacial score (nSPS) is 11.8. The summed E-state index contributed by atoms with van der Waals surface area (Å²) in [6.45, 7) is 6.62. The van der Waals surface area contributed by atoms with Gasteiger partial charge in [0.2, 0.25) is 0 Å². The van der Waals surface area contributed by atoms with E-state index in [1.54, 1.807) is 12.1 Å². The lowest BCUT2D eigenvalue weighted by Gasteiger charge is -2.16. The maximum atomic E-state index is 11.0. The van der Waals surface area contributed by atoms with Crippen LogP contribution in [-0.4, -0.2) is 47.4 Å². The van der Waals surface area contributed by atoms with Crippen molar-refractivity contribution in [2.45, 2.75) is 64.9 Å². The topological polar surface area (TPSA) is 96.6 Å². The van der Waals surface area contributed by atoms with Crippen LogP contribution < -0.4 is 4.74 Å². The zero-order chi connectivity index (χ0) is 27.0. The number of hydrogen-bond acceptors (Lipinski definition) is 7. The zero-order valence-electron chi connectivity index (χ0n) is 22.5. The molecule has 0 aliphatic carbocycles. The summed E-state index contributed by atoms with van der Waals surface area (Å²) in [6, 6.07) is 19.0. The molecule has 3 aromatic rings. The molecule has 0 radical (unpaired) electrons. The summed E-state index contributed by atoms with van der Waals surface area (Å²) in [5.74, 6) is 0. The Hall–Kier alpha value is -3.36. The van der Waals surface area contributed by atoms with Crippen LogP contribution in [0.1, 0.15) is 57.2 Å². The summed E-state index contributed by atoms with van der Waals surface area (Å²) in [6.07, 6.45) is 6.61. The first-order chi connectivity index (χ1) is 18.6. The predicted molar refractivity (Wildman–Crippen MR) is 148 cm³/mol. The Morgan fingerprint density at radius 1 is 0.895 bits per heavy atom. The Morgan fingerprint density at radius 2 is 1.68 bits per heavy atom. The van der Waals surface area contributed by atoms with Crippen molar-refractivity contribution in [2.24, 2.45) is 0 Å². The second kappa shape index (κ2) is 16.5. The Kier molecular flexibility index (Phi) is 12.7. The SMILES string of the molecule is CCCCOC(CC)COCCCOc1nc(CCCc2ccccc2)cc(-c2ccc([N+](=O)[O-])cc2)n1. The molecule has 0 bridgehead atoms. The van der Waals surface area contributed by atoms with E-state index < -0.39 is 4.92 Å². The molecule has 0 aliphatic heterocycles. The van der Waals surface area contributed by atoms with Crippen LogP contribution >= 0.6 is 0 Å². The van der Waals surface area contributed by atoms with Crippen LogP contribution in [0.2, 0.25) is 0 Å². The molecule has 0 fully saturated rings. The Labute approximate surface area is 225 Å². The third-order valence-electron chi connectivity index (χ3n) is 6.15. The van der Waals surface area contributed by atoms with Gasteiger partial charge in [-0.25, -0.2) is 4.98 Å². The van der Waals surface area contributed by atoms with Crippen molar-refractivity contribution < 1.29 is 19.1 Å². The molecule has 2 aromatic carbocycles. The lowest BCUT2D eigenvalue weighted by molar-refractivity contribution is -0.384. The molecule has 8 nitrogen and oxygen atoms in total. The number of rotatable bonds is 18. The average Bonchev–Trinajstić information content (AvgIpc) is 2.94. The van der Waals surface area contributed by atoms with Gasteiger partial charge in [-0.3, -0.25) is 10.1 Å². The Bertz CT molecular complexity index is 1090. The van der Waals surface area contributed by atoms with Gasteiger partial charge >= 0.3 is 6.01 Å². The van der Waals surface area contributed by atoms with Crippen molar-refractivity contribution in [3.63, 3.8) is 0 Å². The van der Waals surface area contributed by atoms with Gasteiger partial charge in [0.05, 0.1) is 29.9 Å². The molecule has 0 aliphatic rings. The highest BCUT2D eigenvalue weighted by Crippen LogP contribution is 2.24. The van der Waals surface area contributed by atoms with Gasteiger partial charge in [0.1, 0.15) is 0 Å². The monoisotopic (exact) mass is 521 g/mol. The summed E-state index contributed by atoms with van der Waals surface area (Å²) in [4.78, 5) is 19.9. The van der Waals surface area contributed by atoms with Crippen molar-refractivity contribution in [3.05, 3.63) is 82.0 Å². The van der Waals surface area contributed by atoms with E-state index in [0.717, 1.165) is 56.4 Å². The van der Waals surface area contributed by atoms with Gasteiger partial charge in [-0.15, -0.1) is 0 Å².